The fourth-order valence-electron chi connectivity index (χ4n) is 13.9. The zero-order chi connectivity index (χ0) is 67.8. The number of hydrogen-bond donors (Lipinski definition) is 8. The van der Waals surface area contributed by atoms with Crippen LogP contribution in [0, 0.1) is 19.8 Å². The first-order valence-corrected chi connectivity index (χ1v) is 32.6. The Morgan fingerprint density at radius 2 is 1.60 bits per heavy atom. The maximum Gasteiger partial charge on any atom is 0.415 e. The van der Waals surface area contributed by atoms with Crippen LogP contribution in [0.2, 0.25) is 0 Å². The molecule has 2 saturated heterocycles. The van der Waals surface area contributed by atoms with Crippen LogP contribution in [-0.4, -0.2) is 189 Å². The predicted molar refractivity (Wildman–Crippen MR) is 345 cm³/mol. The van der Waals surface area contributed by atoms with E-state index in [1.807, 2.05) is 52.6 Å². The van der Waals surface area contributed by atoms with Crippen LogP contribution in [0.15, 0.2) is 42.5 Å². The van der Waals surface area contributed by atoms with E-state index >= 15 is 4.79 Å². The molecule has 6 amide bonds. The van der Waals surface area contributed by atoms with E-state index < -0.39 is 89.3 Å². The number of aryl methyl sites for hydroxylation is 1. The van der Waals surface area contributed by atoms with E-state index in [1.54, 1.807) is 43.3 Å². The number of hydrogen-bond acceptors (Lipinski definition) is 22. The minimum absolute atomic E-state index is 0.0155. The molecule has 0 saturated carbocycles. The van der Waals surface area contributed by atoms with Crippen LogP contribution in [0.25, 0.3) is 0 Å². The monoisotopic (exact) mass is 1320 g/mol. The number of thioether (sulfide) groups is 1. The third-order valence-electron chi connectivity index (χ3n) is 18.5. The topological polar surface area (TPSA) is 333 Å². The second-order valence-electron chi connectivity index (χ2n) is 25.4. The average Bonchev–Trinajstić information content (AvgIpc) is 0.895. The molecule has 0 aliphatic carbocycles. The Balaban J connectivity index is 0.831. The lowest BCUT2D eigenvalue weighted by molar-refractivity contribution is -0.186. The van der Waals surface area contributed by atoms with Gasteiger partial charge in [0.25, 0.3) is 0 Å². The van der Waals surface area contributed by atoms with Crippen molar-refractivity contribution in [1.82, 2.24) is 40.9 Å². The number of phenols is 1. The highest BCUT2D eigenvalue weighted by Crippen LogP contribution is 2.64. The number of phenolic OH excluding ortho intramolecular Hbond substituents is 1. The van der Waals surface area contributed by atoms with Crippen molar-refractivity contribution in [2.24, 2.45) is 11.7 Å². The molecular weight excluding hydrogens is 1240 g/mol. The Labute approximate surface area is 550 Å². The van der Waals surface area contributed by atoms with Gasteiger partial charge in [-0.05, 0) is 105 Å². The van der Waals surface area contributed by atoms with Crippen LogP contribution in [-0.2, 0) is 53.6 Å². The number of nitrogens with zero attached hydrogens (tertiary/aromatic N) is 4. The number of ether oxygens (including phenoxy) is 8. The summed E-state index contributed by atoms with van der Waals surface area (Å²) in [6.07, 6.45) is -1.17. The van der Waals surface area contributed by atoms with Crippen molar-refractivity contribution in [2.45, 2.75) is 140 Å². The fourth-order valence-corrected chi connectivity index (χ4v) is 15.6. The van der Waals surface area contributed by atoms with Gasteiger partial charge in [-0.25, -0.2) is 19.2 Å². The number of urea groups is 1. The van der Waals surface area contributed by atoms with Crippen LogP contribution in [0.4, 0.5) is 20.1 Å². The number of rotatable bonds is 20. The summed E-state index contributed by atoms with van der Waals surface area (Å²) in [6.45, 7) is 12.8. The van der Waals surface area contributed by atoms with Crippen LogP contribution in [0.1, 0.15) is 115 Å². The number of piperazine rings is 1. The first kappa shape index (κ1) is 68.6. The van der Waals surface area contributed by atoms with E-state index in [0.29, 0.717) is 87.7 Å². The minimum atomic E-state index is -1.54. The van der Waals surface area contributed by atoms with Crippen LogP contribution < -0.4 is 60.7 Å². The normalized spacial score (nSPS) is 22.3. The van der Waals surface area contributed by atoms with Gasteiger partial charge in [0.2, 0.25) is 18.6 Å². The lowest BCUT2D eigenvalue weighted by Gasteiger charge is -2.62. The Morgan fingerprint density at radius 3 is 2.27 bits per heavy atom. The molecule has 0 aromatic heterocycles. The fraction of sp³-hybridized carbons (Fsp3) is 0.530. The minimum Gasteiger partial charge on any atom is -0.504 e. The van der Waals surface area contributed by atoms with E-state index in [4.69, 9.17) is 43.6 Å². The molecule has 7 heterocycles. The highest BCUT2D eigenvalue weighted by atomic mass is 32.2. The molecule has 7 aliphatic rings. The van der Waals surface area contributed by atoms with Crippen LogP contribution in [0.3, 0.4) is 0 Å². The average molecular weight is 1320 g/mol. The summed E-state index contributed by atoms with van der Waals surface area (Å²) in [5.74, 6) is -0.439. The molecule has 28 heteroatoms. The van der Waals surface area contributed by atoms with E-state index in [2.05, 4.69) is 31.5 Å². The molecule has 27 nitrogen and oxygen atoms in total. The summed E-state index contributed by atoms with van der Waals surface area (Å²) in [5, 5.41) is 39.4. The second kappa shape index (κ2) is 28.4. The number of methoxy groups -OCH3 is 2. The molecule has 9 N–H and O–H groups in total. The van der Waals surface area contributed by atoms with Gasteiger partial charge < -0.3 is 84.9 Å². The second-order valence-corrected chi connectivity index (χ2v) is 26.5. The molecular formula is C66H86N10O17S. The molecule has 9 atom stereocenters. The molecule has 94 heavy (non-hydrogen) atoms. The van der Waals surface area contributed by atoms with Gasteiger partial charge in [-0.3, -0.25) is 29.5 Å². The number of carbonyl (C=O) groups is 7. The molecule has 4 aromatic rings. The predicted octanol–water partition coefficient (Wildman–Crippen LogP) is 5.30. The number of nitrogens with two attached hydrogens (primary N) is 1. The number of anilines is 1. The number of nitrogens with one attached hydrogen (secondary N) is 5. The zero-order valence-corrected chi connectivity index (χ0v) is 55.9. The van der Waals surface area contributed by atoms with Gasteiger partial charge >= 0.3 is 30.2 Å². The molecule has 7 aliphatic heterocycles. The maximum atomic E-state index is 15.3. The zero-order valence-electron chi connectivity index (χ0n) is 55.1. The summed E-state index contributed by atoms with van der Waals surface area (Å²) >= 11 is 1.40. The molecule has 1 spiro atoms. The number of esters is 2. The van der Waals surface area contributed by atoms with Gasteiger partial charge in [0.1, 0.15) is 31.2 Å². The molecule has 0 radical (unpaired) electrons. The van der Waals surface area contributed by atoms with Gasteiger partial charge in [-0.15, -0.1) is 11.8 Å². The number of fused-ring (bicyclic) bond motifs is 9. The lowest BCUT2D eigenvalue weighted by atomic mass is 9.73. The van der Waals surface area contributed by atoms with E-state index in [0.717, 1.165) is 11.1 Å². The number of likely N-dealkylation sites (N-methyl/N-ethyl adjacent to an activating group) is 3. The highest BCUT2D eigenvalue weighted by molar-refractivity contribution is 7.99. The first-order chi connectivity index (χ1) is 44.8. The Kier molecular flexibility index (Phi) is 20.7. The molecule has 1 unspecified atom stereocenters. The molecule has 11 rings (SSSR count). The van der Waals surface area contributed by atoms with E-state index in [9.17, 15) is 39.0 Å². The van der Waals surface area contributed by atoms with Crippen molar-refractivity contribution in [1.29, 1.82) is 0 Å². The standard InChI is InChI=1S/C66H86N10O17S/c1-32(2)50(70-33(3)4)60(80)72-42(14-13-20-68-63(67)83)59(79)71-40-17-15-37(16-18-40)28-89-64(84)73(8)22-23-74(9)65(85)93-46-26-38-19-21-69-66(41(38)27-45(46)86-11)30-94-58-49-48(57-56(90-31-91-57)35(6)55(49)92-36(7)77)44(29-88-62(66)82)76-52(58)51-47-39(25-43(61(76)81)75(51)10)24-34(5)54(87-12)53(47)78/h15-18,24,26-27,32-33,42-44,50-52,58,61,69-70,78,81H,13-14,19-23,25,28-31H2,1-12H3,(H,71,79)(H,72,80)(H3,67,68,83)/t42-,43?,44-,50-,51+,52+,58+,61-,66+/m0/s1. The Hall–Kier alpha value is -8.28. The SMILES string of the molecule is COc1cc2c(cc1OC(=O)N(C)CCN(C)C(=O)OCc1ccc(NC(=O)[C@H](CCCNC(N)=O)NC(=O)[C@@H](NC(C)C)C(C)C)cc1)CCN[C@]21CS[C@@H]2c3c(OC(C)=O)c(C)c4c(c3[C@H](COC1=O)N1[C@@H]2[C@H]2c3c(cc(C)c(OC)c3O)CC([C@@H]1O)N2C)OCO4. The maximum absolute atomic E-state index is 15.3. The van der Waals surface area contributed by atoms with Crippen molar-refractivity contribution in [3.8, 4) is 40.2 Å². The quantitative estimate of drug-likeness (QED) is 0.0316. The highest BCUT2D eigenvalue weighted by Gasteiger charge is 2.62. The van der Waals surface area contributed by atoms with Crippen molar-refractivity contribution >= 4 is 59.4 Å². The van der Waals surface area contributed by atoms with E-state index in [-0.39, 0.29) is 92.7 Å². The Bertz CT molecular complexity index is 3590. The number of benzene rings is 4. The van der Waals surface area contributed by atoms with E-state index in [1.165, 1.54) is 56.8 Å². The number of aliphatic hydroxyl groups is 1. The van der Waals surface area contributed by atoms with Gasteiger partial charge in [-0.1, -0.05) is 45.9 Å². The summed E-state index contributed by atoms with van der Waals surface area (Å²) in [7, 11) is 7.91. The van der Waals surface area contributed by atoms with Crippen molar-refractivity contribution < 1.29 is 81.7 Å². The summed E-state index contributed by atoms with van der Waals surface area (Å²) in [6, 6.07) is 7.24. The third-order valence-corrected chi connectivity index (χ3v) is 20.0. The number of carbonyl (C=O) groups excluding carboxylic acids is 7. The molecule has 2 fully saturated rings. The van der Waals surface area contributed by atoms with Crippen molar-refractivity contribution in [3.05, 3.63) is 92.5 Å². The summed E-state index contributed by atoms with van der Waals surface area (Å²) in [4.78, 5) is 101. The van der Waals surface area contributed by atoms with Gasteiger partial charge in [0.05, 0.1) is 43.6 Å². The summed E-state index contributed by atoms with van der Waals surface area (Å²) in [5.41, 5.74) is 9.85. The van der Waals surface area contributed by atoms with Gasteiger partial charge in [0.15, 0.2) is 40.0 Å². The third kappa shape index (κ3) is 13.4. The van der Waals surface area contributed by atoms with Crippen LogP contribution in [0.5, 0.6) is 40.2 Å². The molecule has 4 bridgehead atoms. The number of aliphatic hydroxyl groups excluding tert-OH is 1. The number of amides is 6. The van der Waals surface area contributed by atoms with Crippen molar-refractivity contribution in [3.63, 3.8) is 0 Å². The molecule has 508 valence electrons. The summed E-state index contributed by atoms with van der Waals surface area (Å²) < 4.78 is 48.4. The smallest absolute Gasteiger partial charge is 0.415 e. The lowest BCUT2D eigenvalue weighted by Crippen LogP contribution is -2.70. The van der Waals surface area contributed by atoms with Crippen LogP contribution >= 0.6 is 11.8 Å². The van der Waals surface area contributed by atoms with Gasteiger partial charge in [-0.2, -0.15) is 0 Å². The van der Waals surface area contributed by atoms with Crippen molar-refractivity contribution in [2.75, 3.05) is 86.0 Å². The number of aromatic hydroxyl groups is 1. The number of primary amides is 1. The first-order valence-electron chi connectivity index (χ1n) is 31.6. The van der Waals surface area contributed by atoms with Gasteiger partial charge in [0, 0.05) is 93.0 Å². The largest absolute Gasteiger partial charge is 0.504 e. The Morgan fingerprint density at radius 1 is 0.883 bits per heavy atom. The molecule has 4 aromatic carbocycles.